The summed E-state index contributed by atoms with van der Waals surface area (Å²) in [4.78, 5) is 37.5. The number of nitrogens with one attached hydrogen (secondary N) is 3. The van der Waals surface area contributed by atoms with E-state index in [9.17, 15) is 18.8 Å². The lowest BCUT2D eigenvalue weighted by atomic mass is 9.82. The Labute approximate surface area is 187 Å². The Kier molecular flexibility index (Phi) is 6.95. The highest BCUT2D eigenvalue weighted by Gasteiger charge is 2.47. The van der Waals surface area contributed by atoms with E-state index in [1.54, 1.807) is 6.07 Å². The van der Waals surface area contributed by atoms with Gasteiger partial charge in [0.15, 0.2) is 5.60 Å². The van der Waals surface area contributed by atoms with Gasteiger partial charge in [-0.3, -0.25) is 14.5 Å². The van der Waals surface area contributed by atoms with Crippen LogP contribution in [0.2, 0.25) is 0 Å². The first-order chi connectivity index (χ1) is 14.7. The van der Waals surface area contributed by atoms with E-state index in [1.807, 2.05) is 13.8 Å². The van der Waals surface area contributed by atoms with E-state index in [-0.39, 0.29) is 17.9 Å². The summed E-state index contributed by atoms with van der Waals surface area (Å²) < 4.78 is 19.8. The van der Waals surface area contributed by atoms with Crippen molar-refractivity contribution in [2.75, 3.05) is 20.1 Å². The maximum Gasteiger partial charge on any atom is 0.428 e. The van der Waals surface area contributed by atoms with Gasteiger partial charge in [-0.05, 0) is 32.0 Å². The molecule has 3 N–H and O–H groups in total. The zero-order chi connectivity index (χ0) is 22.8. The van der Waals surface area contributed by atoms with Gasteiger partial charge in [-0.15, -0.1) is 0 Å². The first kappa shape index (κ1) is 23.1. The predicted octanol–water partition coefficient (Wildman–Crippen LogP) is 1.51. The molecular formula is C20H25BrFN5O4. The van der Waals surface area contributed by atoms with E-state index in [2.05, 4.69) is 42.0 Å². The van der Waals surface area contributed by atoms with Crippen LogP contribution in [0.5, 0.6) is 0 Å². The van der Waals surface area contributed by atoms with Gasteiger partial charge >= 0.3 is 17.9 Å². The summed E-state index contributed by atoms with van der Waals surface area (Å²) in [5.41, 5.74) is 2.59. The molecule has 9 nitrogen and oxygen atoms in total. The molecule has 0 bridgehead atoms. The third-order valence-corrected chi connectivity index (χ3v) is 6.52. The number of carbonyl (C=O) groups excluding carboxylic acids is 3. The maximum absolute atomic E-state index is 13.6. The van der Waals surface area contributed by atoms with Gasteiger partial charge in [0.05, 0.1) is 0 Å². The van der Waals surface area contributed by atoms with Gasteiger partial charge in [-0.1, -0.05) is 15.9 Å². The van der Waals surface area contributed by atoms with Crippen molar-refractivity contribution in [2.24, 2.45) is 5.10 Å². The number of benzene rings is 1. The van der Waals surface area contributed by atoms with Crippen molar-refractivity contribution in [3.8, 4) is 0 Å². The summed E-state index contributed by atoms with van der Waals surface area (Å²) in [5.74, 6) is -1.76. The molecule has 168 valence electrons. The van der Waals surface area contributed by atoms with Gasteiger partial charge in [0.25, 0.3) is 0 Å². The van der Waals surface area contributed by atoms with Crippen LogP contribution < -0.4 is 16.1 Å². The van der Waals surface area contributed by atoms with Crippen LogP contribution >= 0.6 is 15.9 Å². The lowest BCUT2D eigenvalue weighted by molar-refractivity contribution is -0.139. The van der Waals surface area contributed by atoms with Crippen LogP contribution in [0.4, 0.5) is 9.18 Å². The largest absolute Gasteiger partial charge is 0.435 e. The first-order valence-electron chi connectivity index (χ1n) is 9.96. The van der Waals surface area contributed by atoms with E-state index in [0.29, 0.717) is 41.7 Å². The Morgan fingerprint density at radius 1 is 1.29 bits per heavy atom. The molecule has 2 atom stereocenters. The fraction of sp³-hybridized carbons (Fsp3) is 0.500. The summed E-state index contributed by atoms with van der Waals surface area (Å²) >= 11 is 3.37. The number of piperidine rings is 1. The molecule has 3 amide bonds. The van der Waals surface area contributed by atoms with Crippen LogP contribution in [-0.4, -0.2) is 66.3 Å². The van der Waals surface area contributed by atoms with Crippen molar-refractivity contribution in [2.45, 2.75) is 44.4 Å². The smallest absolute Gasteiger partial charge is 0.428 e. The average Bonchev–Trinajstić information content (AvgIpc) is 2.74. The molecule has 11 heteroatoms. The summed E-state index contributed by atoms with van der Waals surface area (Å²) in [7, 11) is 1.40. The zero-order valence-electron chi connectivity index (χ0n) is 17.5. The van der Waals surface area contributed by atoms with Crippen molar-refractivity contribution in [3.63, 3.8) is 0 Å². The summed E-state index contributed by atoms with van der Waals surface area (Å²) in [6.07, 6.45) is 0.322. The molecule has 0 radical (unpaired) electrons. The van der Waals surface area contributed by atoms with E-state index < -0.39 is 23.5 Å². The third-order valence-electron chi connectivity index (χ3n) is 5.86. The lowest BCUT2D eigenvalue weighted by Gasteiger charge is -2.45. The number of nitrogens with zero attached hydrogens (tertiary/aromatic N) is 2. The summed E-state index contributed by atoms with van der Waals surface area (Å²) in [6.45, 7) is 4.95. The van der Waals surface area contributed by atoms with Gasteiger partial charge in [0.1, 0.15) is 11.5 Å². The Morgan fingerprint density at radius 3 is 2.58 bits per heavy atom. The Morgan fingerprint density at radius 2 is 1.97 bits per heavy atom. The average molecular weight is 498 g/mol. The Hall–Kier alpha value is -2.53. The van der Waals surface area contributed by atoms with Crippen molar-refractivity contribution in [1.29, 1.82) is 0 Å². The Bertz CT molecular complexity index is 917. The van der Waals surface area contributed by atoms with Gasteiger partial charge < -0.3 is 15.4 Å². The summed E-state index contributed by atoms with van der Waals surface area (Å²) in [6, 6.07) is 3.96. The third kappa shape index (κ3) is 4.87. The second-order valence-corrected chi connectivity index (χ2v) is 8.55. The van der Waals surface area contributed by atoms with Crippen LogP contribution in [0.15, 0.2) is 27.8 Å². The number of hydrogen-bond acceptors (Lipinski definition) is 6. The molecule has 0 aliphatic carbocycles. The summed E-state index contributed by atoms with van der Waals surface area (Å²) in [5, 5.41) is 9.24. The molecule has 2 aliphatic heterocycles. The molecule has 2 heterocycles. The molecule has 1 aromatic carbocycles. The van der Waals surface area contributed by atoms with Crippen molar-refractivity contribution in [3.05, 3.63) is 34.1 Å². The number of ether oxygens (including phenoxy) is 1. The normalized spacial score (nSPS) is 20.2. The number of likely N-dealkylation sites (tertiary alicyclic amines) is 1. The molecule has 0 aromatic heterocycles. The van der Waals surface area contributed by atoms with Crippen LogP contribution in [0, 0.1) is 5.82 Å². The highest BCUT2D eigenvalue weighted by atomic mass is 79.9. The van der Waals surface area contributed by atoms with Crippen molar-refractivity contribution in [1.82, 2.24) is 21.0 Å². The van der Waals surface area contributed by atoms with E-state index in [4.69, 9.17) is 4.74 Å². The molecular weight excluding hydrogens is 473 g/mol. The number of halogens is 2. The fourth-order valence-electron chi connectivity index (χ4n) is 3.89. The number of hydrogen-bond donors (Lipinski definition) is 3. The molecule has 31 heavy (non-hydrogen) atoms. The van der Waals surface area contributed by atoms with Crippen LogP contribution in [-0.2, 0) is 14.3 Å². The minimum Gasteiger partial charge on any atom is -0.435 e. The minimum absolute atomic E-state index is 0.0543. The van der Waals surface area contributed by atoms with Gasteiger partial charge in [0, 0.05) is 55.1 Å². The maximum atomic E-state index is 13.6. The van der Waals surface area contributed by atoms with Crippen molar-refractivity contribution < 1.29 is 23.5 Å². The molecule has 3 rings (SSSR count). The molecule has 1 aromatic rings. The standard InChI is InChI=1S/C20H25BrFN5O4/c1-11(24-18(29)17(28)23-3)12(2)27-8-6-20(7-9-27)16(25-26-19(30)31-20)14-5-4-13(22)10-15(14)21/h4-5,10-12H,6-9H2,1-3H3,(H,23,28)(H,24,29)(H,26,30)/t11-,12+/m0/s1. The highest BCUT2D eigenvalue weighted by molar-refractivity contribution is 9.10. The van der Waals surface area contributed by atoms with Crippen LogP contribution in [0.3, 0.4) is 0 Å². The second kappa shape index (κ2) is 9.31. The number of carbonyl (C=O) groups is 3. The zero-order valence-corrected chi connectivity index (χ0v) is 19.1. The second-order valence-electron chi connectivity index (χ2n) is 7.70. The molecule has 2 aliphatic rings. The molecule has 1 fully saturated rings. The monoisotopic (exact) mass is 497 g/mol. The SMILES string of the molecule is CNC(=O)C(=O)N[C@@H](C)[C@@H](C)N1CCC2(CC1)OC(=O)NN=C2c1ccc(F)cc1Br. The molecule has 1 spiro atoms. The van der Waals surface area contributed by atoms with Gasteiger partial charge in [-0.25, -0.2) is 14.6 Å². The molecule has 1 saturated heterocycles. The number of likely N-dealkylation sites (N-methyl/N-ethyl adjacent to an activating group) is 1. The predicted molar refractivity (Wildman–Crippen MR) is 115 cm³/mol. The number of amides is 3. The van der Waals surface area contributed by atoms with E-state index >= 15 is 0 Å². The fourth-order valence-corrected chi connectivity index (χ4v) is 4.43. The lowest BCUT2D eigenvalue weighted by Crippen LogP contribution is -2.59. The number of rotatable bonds is 4. The topological polar surface area (TPSA) is 112 Å². The van der Waals surface area contributed by atoms with Gasteiger partial charge in [-0.2, -0.15) is 5.10 Å². The quantitative estimate of drug-likeness (QED) is 0.545. The first-order valence-corrected chi connectivity index (χ1v) is 10.8. The molecule has 0 unspecified atom stereocenters. The van der Waals surface area contributed by atoms with Crippen LogP contribution in [0.1, 0.15) is 32.3 Å². The van der Waals surface area contributed by atoms with E-state index in [1.165, 1.54) is 19.2 Å². The van der Waals surface area contributed by atoms with Crippen LogP contribution in [0.25, 0.3) is 0 Å². The van der Waals surface area contributed by atoms with Crippen molar-refractivity contribution >= 4 is 39.5 Å². The van der Waals surface area contributed by atoms with E-state index in [0.717, 1.165) is 0 Å². The minimum atomic E-state index is -0.937. The number of hydrazone groups is 1. The van der Waals surface area contributed by atoms with Gasteiger partial charge in [0.2, 0.25) is 0 Å². The Balaban J connectivity index is 1.74. The molecule has 0 saturated carbocycles. The highest BCUT2D eigenvalue weighted by Crippen LogP contribution is 2.35.